The number of fused-ring (bicyclic) bond motifs is 1. The number of aryl methyl sites for hydroxylation is 1. The number of likely N-dealkylation sites (tertiary alicyclic amines) is 1. The van der Waals surface area contributed by atoms with Crippen molar-refractivity contribution in [2.24, 2.45) is 0 Å². The Morgan fingerprint density at radius 2 is 1.69 bits per heavy atom. The van der Waals surface area contributed by atoms with Crippen LogP contribution >= 0.6 is 0 Å². The predicted octanol–water partition coefficient (Wildman–Crippen LogP) is 3.66. The molecule has 3 N–H and O–H groups in total. The Morgan fingerprint density at radius 1 is 0.949 bits per heavy atom. The minimum atomic E-state index is -0.174. The number of nitrogens with one attached hydrogen (secondary N) is 1. The number of benzene rings is 2. The topological polar surface area (TPSA) is 112 Å². The molecule has 6 rings (SSSR count). The Bertz CT molecular complexity index is 1510. The highest BCUT2D eigenvalue weighted by molar-refractivity contribution is 5.84. The van der Waals surface area contributed by atoms with Gasteiger partial charge in [-0.25, -0.2) is 14.8 Å². The zero-order valence-corrected chi connectivity index (χ0v) is 22.5. The first-order valence-corrected chi connectivity index (χ1v) is 13.6. The summed E-state index contributed by atoms with van der Waals surface area (Å²) in [7, 11) is 1.58. The molecule has 2 aromatic carbocycles. The average Bonchev–Trinajstić information content (AvgIpc) is 3.28. The lowest BCUT2D eigenvalue weighted by Crippen LogP contribution is -2.47. The number of hydrogen-bond donors (Lipinski definition) is 2. The number of rotatable bonds is 6. The summed E-state index contributed by atoms with van der Waals surface area (Å²) < 4.78 is 15.1. The molecule has 0 spiro atoms. The Balaban J connectivity index is 1.34. The molecule has 0 amide bonds. The van der Waals surface area contributed by atoms with Crippen LogP contribution in [-0.4, -0.2) is 63.3 Å². The van der Waals surface area contributed by atoms with Crippen LogP contribution in [0.5, 0.6) is 17.2 Å². The number of hydrogen-bond acceptors (Lipinski definition) is 8. The van der Waals surface area contributed by atoms with Gasteiger partial charge >= 0.3 is 5.69 Å². The van der Waals surface area contributed by atoms with E-state index in [9.17, 15) is 4.79 Å². The Morgan fingerprint density at radius 3 is 2.41 bits per heavy atom. The Kier molecular flexibility index (Phi) is 6.97. The molecule has 0 radical (unpaired) electrons. The van der Waals surface area contributed by atoms with Gasteiger partial charge in [0.15, 0.2) is 23.0 Å². The maximum atomic E-state index is 14.0. The Labute approximate surface area is 227 Å². The monoisotopic (exact) mass is 529 g/mol. The third kappa shape index (κ3) is 4.86. The van der Waals surface area contributed by atoms with Gasteiger partial charge in [-0.05, 0) is 70.0 Å². The fourth-order valence-electron chi connectivity index (χ4n) is 5.93. The second-order valence-electron chi connectivity index (χ2n) is 10.4. The van der Waals surface area contributed by atoms with E-state index in [0.717, 1.165) is 44.6 Å². The highest BCUT2D eigenvalue weighted by atomic mass is 16.5. The van der Waals surface area contributed by atoms with E-state index in [1.165, 1.54) is 19.2 Å². The van der Waals surface area contributed by atoms with Gasteiger partial charge in [0.1, 0.15) is 17.6 Å². The SMILES string of the molecule is COc1cc(-n2c(=O)n(C3CCN(C4CCNCC4)CC3)c3ncnc(N)c32)ccc1Oc1ccc(C)cc1. The summed E-state index contributed by atoms with van der Waals surface area (Å²) >= 11 is 0. The van der Waals surface area contributed by atoms with Gasteiger partial charge in [0, 0.05) is 31.2 Å². The van der Waals surface area contributed by atoms with Crippen molar-refractivity contribution < 1.29 is 9.47 Å². The molecule has 2 fully saturated rings. The molecule has 204 valence electrons. The molecule has 0 unspecified atom stereocenters. The molecule has 2 saturated heterocycles. The molecule has 4 aromatic rings. The summed E-state index contributed by atoms with van der Waals surface area (Å²) in [6.45, 7) is 6.11. The summed E-state index contributed by atoms with van der Waals surface area (Å²) in [6, 6.07) is 13.9. The fraction of sp³-hybridized carbons (Fsp3) is 0.414. The molecule has 2 aliphatic heterocycles. The van der Waals surface area contributed by atoms with Crippen LogP contribution in [0.2, 0.25) is 0 Å². The van der Waals surface area contributed by atoms with Crippen molar-refractivity contribution in [1.82, 2.24) is 29.3 Å². The molecule has 39 heavy (non-hydrogen) atoms. The molecular formula is C29H35N7O3. The van der Waals surface area contributed by atoms with Crippen molar-refractivity contribution in [3.8, 4) is 22.9 Å². The number of nitrogen functional groups attached to an aromatic ring is 1. The van der Waals surface area contributed by atoms with Crippen LogP contribution in [-0.2, 0) is 0 Å². The molecule has 4 heterocycles. The smallest absolute Gasteiger partial charge is 0.335 e. The highest BCUT2D eigenvalue weighted by Crippen LogP contribution is 2.35. The quantitative estimate of drug-likeness (QED) is 0.389. The van der Waals surface area contributed by atoms with E-state index in [-0.39, 0.29) is 17.5 Å². The summed E-state index contributed by atoms with van der Waals surface area (Å²) in [5.74, 6) is 2.03. The first-order chi connectivity index (χ1) is 19.0. The number of imidazole rings is 1. The number of nitrogens with zero attached hydrogens (tertiary/aromatic N) is 5. The summed E-state index contributed by atoms with van der Waals surface area (Å²) in [5, 5.41) is 3.45. The molecule has 0 saturated carbocycles. The predicted molar refractivity (Wildman–Crippen MR) is 151 cm³/mol. The number of aromatic nitrogens is 4. The second kappa shape index (κ2) is 10.7. The van der Waals surface area contributed by atoms with Gasteiger partial charge in [-0.15, -0.1) is 0 Å². The van der Waals surface area contributed by atoms with Crippen molar-refractivity contribution in [1.29, 1.82) is 0 Å². The van der Waals surface area contributed by atoms with Gasteiger partial charge < -0.3 is 25.4 Å². The molecule has 0 aliphatic carbocycles. The summed E-state index contributed by atoms with van der Waals surface area (Å²) in [4.78, 5) is 25.4. The highest BCUT2D eigenvalue weighted by Gasteiger charge is 2.30. The van der Waals surface area contributed by atoms with Crippen LogP contribution in [0.15, 0.2) is 53.6 Å². The maximum Gasteiger partial charge on any atom is 0.335 e. The molecule has 0 bridgehead atoms. The third-order valence-electron chi connectivity index (χ3n) is 8.02. The first kappa shape index (κ1) is 25.4. The number of anilines is 1. The van der Waals surface area contributed by atoms with Crippen LogP contribution in [0, 0.1) is 6.92 Å². The van der Waals surface area contributed by atoms with E-state index in [2.05, 4.69) is 20.2 Å². The van der Waals surface area contributed by atoms with Gasteiger partial charge in [0.05, 0.1) is 12.8 Å². The molecule has 2 aliphatic rings. The minimum Gasteiger partial charge on any atom is -0.493 e. The van der Waals surface area contributed by atoms with E-state index in [0.29, 0.717) is 40.1 Å². The normalized spacial score (nSPS) is 17.5. The van der Waals surface area contributed by atoms with Crippen molar-refractivity contribution in [2.75, 3.05) is 39.0 Å². The van der Waals surface area contributed by atoms with Crippen LogP contribution < -0.4 is 26.2 Å². The number of methoxy groups -OCH3 is 1. The zero-order valence-electron chi connectivity index (χ0n) is 22.5. The first-order valence-electron chi connectivity index (χ1n) is 13.6. The summed E-state index contributed by atoms with van der Waals surface area (Å²) in [6.07, 6.45) is 5.57. The van der Waals surface area contributed by atoms with E-state index >= 15 is 0 Å². The van der Waals surface area contributed by atoms with E-state index < -0.39 is 0 Å². The third-order valence-corrected chi connectivity index (χ3v) is 8.02. The maximum absolute atomic E-state index is 14.0. The fourth-order valence-corrected chi connectivity index (χ4v) is 5.93. The molecule has 0 atom stereocenters. The summed E-state index contributed by atoms with van der Waals surface area (Å²) in [5.41, 5.74) is 9.01. The van der Waals surface area contributed by atoms with E-state index in [1.54, 1.807) is 23.8 Å². The van der Waals surface area contributed by atoms with Crippen molar-refractivity contribution in [3.05, 3.63) is 64.8 Å². The average molecular weight is 530 g/mol. The number of nitrogens with two attached hydrogens (primary N) is 1. The van der Waals surface area contributed by atoms with E-state index in [1.807, 2.05) is 41.8 Å². The van der Waals surface area contributed by atoms with Crippen LogP contribution in [0.1, 0.15) is 37.3 Å². The molecule has 10 heteroatoms. The molecule has 10 nitrogen and oxygen atoms in total. The van der Waals surface area contributed by atoms with Crippen LogP contribution in [0.4, 0.5) is 5.82 Å². The lowest BCUT2D eigenvalue weighted by molar-refractivity contribution is 0.113. The van der Waals surface area contributed by atoms with Crippen molar-refractivity contribution >= 4 is 17.0 Å². The largest absolute Gasteiger partial charge is 0.493 e. The minimum absolute atomic E-state index is 0.0413. The van der Waals surface area contributed by atoms with Gasteiger partial charge in [0.2, 0.25) is 0 Å². The van der Waals surface area contributed by atoms with Crippen molar-refractivity contribution in [2.45, 2.75) is 44.7 Å². The standard InChI is InChI=1S/C29H35N7O3/c1-19-3-6-23(7-4-19)39-24-8-5-22(17-25(24)38-2)35-26-27(30)32-18-33-28(26)36(29(35)37)21-11-15-34(16-12-21)20-9-13-31-14-10-20/h3-8,17-18,20-21,31H,9-16H2,1-2H3,(H2,30,32,33). The van der Waals surface area contributed by atoms with Crippen LogP contribution in [0.25, 0.3) is 16.9 Å². The second-order valence-corrected chi connectivity index (χ2v) is 10.4. The molecule has 2 aromatic heterocycles. The number of ether oxygens (including phenoxy) is 2. The lowest BCUT2D eigenvalue weighted by Gasteiger charge is -2.39. The Hall–Kier alpha value is -3.89. The van der Waals surface area contributed by atoms with Gasteiger partial charge in [-0.3, -0.25) is 9.13 Å². The van der Waals surface area contributed by atoms with Gasteiger partial charge in [0.25, 0.3) is 0 Å². The number of piperidine rings is 2. The lowest BCUT2D eigenvalue weighted by atomic mass is 9.98. The zero-order chi connectivity index (χ0) is 26.9. The van der Waals surface area contributed by atoms with E-state index in [4.69, 9.17) is 15.2 Å². The van der Waals surface area contributed by atoms with Crippen LogP contribution in [0.3, 0.4) is 0 Å². The van der Waals surface area contributed by atoms with Gasteiger partial charge in [-0.2, -0.15) is 0 Å². The van der Waals surface area contributed by atoms with Gasteiger partial charge in [-0.1, -0.05) is 17.7 Å². The van der Waals surface area contributed by atoms with Crippen molar-refractivity contribution in [3.63, 3.8) is 0 Å². The molecular weight excluding hydrogens is 494 g/mol.